The first-order chi connectivity index (χ1) is 35.8. The van der Waals surface area contributed by atoms with E-state index in [1.165, 1.54) is 56.1 Å². The quantitative estimate of drug-likeness (QED) is 0.0735. The van der Waals surface area contributed by atoms with E-state index in [2.05, 4.69) is 34.4 Å². The van der Waals surface area contributed by atoms with Gasteiger partial charge in [0.1, 0.15) is 42.5 Å². The molecule has 0 spiro atoms. The van der Waals surface area contributed by atoms with Crippen molar-refractivity contribution in [1.29, 1.82) is 0 Å². The van der Waals surface area contributed by atoms with Gasteiger partial charge in [-0.3, -0.25) is 43.7 Å². The standard InChI is InChI=1S/C56H78N8O12/c1-13-14-18-38-49(66)59-40(28-36-29-62(56(8,9)48-30-76-48)41-19-16-15-17-37(36)41)54(71)60(10)43(22-31(2)3)50(67)58-39(26-35-20-21-47(75-12)42(27-35)64(73)74)46(65)25-34(7)52(69)61(11)45-24-33(6)53(70)63(55(45)72)44(23-32(4)5)51(68)57-38/h13-17,19-21,27,29,31-34,38-40,43-45,48,53,70H,18,22-26,28,30H2,1-12H3,(H,57,68)(H,58,67)(H,59,66)/b14-13+/t33?,34-,38+,39+,40+,43+,44+,45+,48-,53-/m1/s1. The Bertz CT molecular complexity index is 2690. The smallest absolute Gasteiger partial charge is 0.311 e. The van der Waals surface area contributed by atoms with Gasteiger partial charge >= 0.3 is 5.69 Å². The van der Waals surface area contributed by atoms with Crippen LogP contribution in [0.25, 0.3) is 10.9 Å². The fourth-order valence-corrected chi connectivity index (χ4v) is 10.6. The molecule has 3 saturated heterocycles. The van der Waals surface area contributed by atoms with E-state index in [0.717, 1.165) is 15.8 Å². The van der Waals surface area contributed by atoms with Gasteiger partial charge in [-0.2, -0.15) is 0 Å². The van der Waals surface area contributed by atoms with Crippen LogP contribution in [0.1, 0.15) is 106 Å². The molecule has 2 bridgehead atoms. The third-order valence-electron chi connectivity index (χ3n) is 15.2. The monoisotopic (exact) mass is 1050 g/mol. The number of ether oxygens (including phenoxy) is 2. The molecule has 2 aromatic carbocycles. The molecule has 4 N–H and O–H groups in total. The molecule has 1 unspecified atom stereocenters. The first-order valence-corrected chi connectivity index (χ1v) is 26.4. The van der Waals surface area contributed by atoms with E-state index in [4.69, 9.17) is 9.47 Å². The Morgan fingerprint density at radius 3 is 2.08 bits per heavy atom. The molecule has 414 valence electrons. The van der Waals surface area contributed by atoms with Crippen LogP contribution in [0.15, 0.2) is 60.8 Å². The average molecular weight is 1060 g/mol. The van der Waals surface area contributed by atoms with Gasteiger partial charge in [0.05, 0.1) is 30.2 Å². The number of para-hydroxylation sites is 1. The van der Waals surface area contributed by atoms with E-state index >= 15 is 4.79 Å². The van der Waals surface area contributed by atoms with Crippen molar-refractivity contribution >= 4 is 57.8 Å². The van der Waals surface area contributed by atoms with Crippen LogP contribution in [0.5, 0.6) is 5.75 Å². The number of aliphatic hydroxyl groups is 1. The first-order valence-electron chi connectivity index (χ1n) is 26.4. The van der Waals surface area contributed by atoms with Crippen LogP contribution in [0.3, 0.4) is 0 Å². The minimum Gasteiger partial charge on any atom is -0.490 e. The summed E-state index contributed by atoms with van der Waals surface area (Å²) in [6, 6.07) is 4.12. The molecule has 6 rings (SSSR count). The number of aliphatic hydroxyl groups excluding tert-OH is 1. The van der Waals surface area contributed by atoms with E-state index < -0.39 is 112 Å². The number of hydrogen-bond donors (Lipinski definition) is 4. The largest absolute Gasteiger partial charge is 0.490 e. The minimum absolute atomic E-state index is 0.0239. The molecule has 0 radical (unpaired) electrons. The zero-order valence-corrected chi connectivity index (χ0v) is 46.0. The van der Waals surface area contributed by atoms with Crippen molar-refractivity contribution in [2.75, 3.05) is 27.8 Å². The number of methoxy groups -OCH3 is 1. The Kier molecular flexibility index (Phi) is 18.9. The number of hydrogen-bond acceptors (Lipinski definition) is 12. The van der Waals surface area contributed by atoms with Crippen molar-refractivity contribution in [3.63, 3.8) is 0 Å². The molecule has 20 heteroatoms. The van der Waals surface area contributed by atoms with Crippen LogP contribution in [-0.4, -0.2) is 147 Å². The summed E-state index contributed by atoms with van der Waals surface area (Å²) in [4.78, 5) is 119. The number of nitro benzene ring substituents is 1. The highest BCUT2D eigenvalue weighted by molar-refractivity contribution is 5.99. The molecule has 10 atom stereocenters. The van der Waals surface area contributed by atoms with Crippen molar-refractivity contribution in [2.45, 2.75) is 161 Å². The van der Waals surface area contributed by atoms with Crippen LogP contribution < -0.4 is 20.7 Å². The zero-order valence-electron chi connectivity index (χ0n) is 46.0. The molecule has 0 aliphatic carbocycles. The Balaban J connectivity index is 1.51. The van der Waals surface area contributed by atoms with Gasteiger partial charge in [0.2, 0.25) is 35.4 Å². The third kappa shape index (κ3) is 13.1. The van der Waals surface area contributed by atoms with Crippen LogP contribution >= 0.6 is 0 Å². The third-order valence-corrected chi connectivity index (χ3v) is 15.2. The summed E-state index contributed by atoms with van der Waals surface area (Å²) < 4.78 is 13.1. The summed E-state index contributed by atoms with van der Waals surface area (Å²) in [6.07, 6.45) is 3.26. The molecule has 3 aliphatic rings. The van der Waals surface area contributed by atoms with Crippen LogP contribution in [0.4, 0.5) is 5.69 Å². The second-order valence-corrected chi connectivity index (χ2v) is 22.3. The number of nitro groups is 1. The van der Waals surface area contributed by atoms with E-state index in [9.17, 15) is 44.0 Å². The lowest BCUT2D eigenvalue weighted by Crippen LogP contribution is -2.66. The van der Waals surface area contributed by atoms with Crippen molar-refractivity contribution in [2.24, 2.45) is 23.7 Å². The van der Waals surface area contributed by atoms with E-state index in [1.807, 2.05) is 58.2 Å². The van der Waals surface area contributed by atoms with Gasteiger partial charge in [-0.15, -0.1) is 0 Å². The number of nitrogens with zero attached hydrogens (tertiary/aromatic N) is 5. The lowest BCUT2D eigenvalue weighted by atomic mass is 9.88. The Morgan fingerprint density at radius 2 is 1.46 bits per heavy atom. The van der Waals surface area contributed by atoms with Crippen LogP contribution in [0.2, 0.25) is 0 Å². The highest BCUT2D eigenvalue weighted by Crippen LogP contribution is 2.37. The van der Waals surface area contributed by atoms with Crippen molar-refractivity contribution in [3.8, 4) is 5.75 Å². The number of epoxide rings is 1. The van der Waals surface area contributed by atoms with Gasteiger partial charge < -0.3 is 49.8 Å². The maximum Gasteiger partial charge on any atom is 0.311 e. The number of carbonyl (C=O) groups is 7. The number of fused-ring (bicyclic) bond motifs is 3. The van der Waals surface area contributed by atoms with E-state index in [-0.39, 0.29) is 67.9 Å². The molecule has 20 nitrogen and oxygen atoms in total. The number of likely N-dealkylation sites (N-methyl/N-ethyl adjacent to an activating group) is 2. The molecule has 1 aromatic heterocycles. The summed E-state index contributed by atoms with van der Waals surface area (Å²) >= 11 is 0. The molecule has 76 heavy (non-hydrogen) atoms. The van der Waals surface area contributed by atoms with Gasteiger partial charge in [0, 0.05) is 61.9 Å². The number of benzene rings is 2. The fourth-order valence-electron chi connectivity index (χ4n) is 10.6. The van der Waals surface area contributed by atoms with Gasteiger partial charge in [-0.1, -0.05) is 78.0 Å². The van der Waals surface area contributed by atoms with Crippen molar-refractivity contribution in [1.82, 2.24) is 35.2 Å². The Hall–Kier alpha value is -6.67. The summed E-state index contributed by atoms with van der Waals surface area (Å²) in [5.74, 6) is -6.86. The number of ketones is 1. The molecule has 3 aromatic rings. The summed E-state index contributed by atoms with van der Waals surface area (Å²) in [7, 11) is 4.16. The fraction of sp³-hybridized carbons (Fsp3) is 0.589. The predicted octanol–water partition coefficient (Wildman–Crippen LogP) is 4.81. The van der Waals surface area contributed by atoms with E-state index in [0.29, 0.717) is 17.7 Å². The summed E-state index contributed by atoms with van der Waals surface area (Å²) in [5.41, 5.74) is 0.986. The number of rotatable bonds is 14. The average Bonchev–Trinajstić information content (AvgIpc) is 4.18. The normalized spacial score (nSPS) is 27.0. The number of Topliss-reactive ketones (excluding diaryl/α,β-unsaturated/α-hetero) is 1. The number of piperidine rings is 1. The number of aromatic nitrogens is 1. The SMILES string of the molecule is C/C=C/C[C@@H]1NC(=O)[C@H](CC(C)C)N2C(=O)[C@H](CC(C)[C@H]2O)N(C)C(=O)[C@H](C)CC(=O)[C@H](Cc2ccc(OC)c([N+](=O)[O-])c2)NC(=O)[C@H](CC(C)C)N(C)C(=O)[C@H](Cc2cn(C(C)(C)[C@H]3CO3)c3ccccc23)NC1=O. The predicted molar refractivity (Wildman–Crippen MR) is 285 cm³/mol. The zero-order chi connectivity index (χ0) is 56.1. The molecule has 6 amide bonds. The molecule has 3 aliphatic heterocycles. The Morgan fingerprint density at radius 1 is 0.842 bits per heavy atom. The lowest BCUT2D eigenvalue weighted by Gasteiger charge is -2.46. The molecular formula is C56H78N8O12. The number of allylic oxidation sites excluding steroid dienone is 1. The van der Waals surface area contributed by atoms with Crippen molar-refractivity contribution in [3.05, 3.63) is 82.1 Å². The number of amides is 6. The topological polar surface area (TPSA) is 255 Å². The molecular weight excluding hydrogens is 977 g/mol. The van der Waals surface area contributed by atoms with Gasteiger partial charge in [0.15, 0.2) is 11.5 Å². The van der Waals surface area contributed by atoms with Gasteiger partial charge in [0.25, 0.3) is 0 Å². The lowest BCUT2D eigenvalue weighted by molar-refractivity contribution is -0.385. The maximum atomic E-state index is 15.4. The summed E-state index contributed by atoms with van der Waals surface area (Å²) in [6.45, 7) is 17.1. The second kappa shape index (κ2) is 24.5. The van der Waals surface area contributed by atoms with Crippen molar-refractivity contribution < 1.29 is 53.1 Å². The Labute approximate surface area is 445 Å². The number of nitrogens with one attached hydrogen (secondary N) is 3. The van der Waals surface area contributed by atoms with Gasteiger partial charge in [-0.25, -0.2) is 0 Å². The number of carbonyl (C=O) groups excluding carboxylic acids is 7. The highest BCUT2D eigenvalue weighted by Gasteiger charge is 2.48. The van der Waals surface area contributed by atoms with E-state index in [1.54, 1.807) is 26.0 Å². The second-order valence-electron chi connectivity index (χ2n) is 22.3. The maximum absolute atomic E-state index is 15.4. The first kappa shape index (κ1) is 58.6. The van der Waals surface area contributed by atoms with Gasteiger partial charge in [-0.05, 0) is 88.0 Å². The minimum atomic E-state index is -1.45. The molecule has 0 saturated carbocycles. The highest BCUT2D eigenvalue weighted by atomic mass is 16.6. The molecule has 4 heterocycles. The van der Waals surface area contributed by atoms with Crippen LogP contribution in [-0.2, 0) is 56.7 Å². The molecule has 3 fully saturated rings. The summed E-state index contributed by atoms with van der Waals surface area (Å²) in [5, 5.41) is 33.4. The van der Waals surface area contributed by atoms with Crippen LogP contribution in [0, 0.1) is 33.8 Å².